The Kier molecular flexibility index (Phi) is 8.09. The Morgan fingerprint density at radius 2 is 1.97 bits per heavy atom. The van der Waals surface area contributed by atoms with E-state index in [-0.39, 0.29) is 29.5 Å². The number of likely N-dealkylation sites (tertiary alicyclic amines) is 1. The summed E-state index contributed by atoms with van der Waals surface area (Å²) in [5.41, 5.74) is 7.61. The van der Waals surface area contributed by atoms with Crippen molar-refractivity contribution >= 4 is 17.7 Å². The van der Waals surface area contributed by atoms with Crippen LogP contribution in [0.15, 0.2) is 30.5 Å². The molecular weight excluding hydrogens is 436 g/mol. The number of methoxy groups -OCH3 is 1. The fourth-order valence-electron chi connectivity index (χ4n) is 4.48. The number of pyridine rings is 1. The van der Waals surface area contributed by atoms with Crippen LogP contribution in [0.1, 0.15) is 65.1 Å². The van der Waals surface area contributed by atoms with Gasteiger partial charge in [0.25, 0.3) is 11.8 Å². The highest BCUT2D eigenvalue weighted by Crippen LogP contribution is 2.38. The number of nitrogens with zero attached hydrogens (tertiary/aromatic N) is 2. The normalized spacial score (nSPS) is 17.4. The third kappa shape index (κ3) is 5.47. The summed E-state index contributed by atoms with van der Waals surface area (Å²) in [5, 5.41) is 2.73. The maximum absolute atomic E-state index is 12.5. The molecule has 0 saturated carbocycles. The minimum absolute atomic E-state index is 0.0560. The molecule has 1 aromatic heterocycles. The van der Waals surface area contributed by atoms with Crippen LogP contribution in [0.4, 0.5) is 0 Å². The minimum atomic E-state index is -0.669. The summed E-state index contributed by atoms with van der Waals surface area (Å²) in [6.45, 7) is 6.79. The van der Waals surface area contributed by atoms with Crippen LogP contribution >= 0.6 is 0 Å². The zero-order chi connectivity index (χ0) is 24.8. The summed E-state index contributed by atoms with van der Waals surface area (Å²) in [5.74, 6) is 0.396. The molecule has 1 aliphatic rings. The van der Waals surface area contributed by atoms with Gasteiger partial charge in [0.05, 0.1) is 19.3 Å². The van der Waals surface area contributed by atoms with Gasteiger partial charge in [-0.25, -0.2) is 4.98 Å². The van der Waals surface area contributed by atoms with Crippen LogP contribution in [0.3, 0.4) is 0 Å². The zero-order valence-corrected chi connectivity index (χ0v) is 20.1. The summed E-state index contributed by atoms with van der Waals surface area (Å²) >= 11 is 0. The first-order valence-electron chi connectivity index (χ1n) is 11.4. The molecule has 3 amide bonds. The molecule has 2 heterocycles. The van der Waals surface area contributed by atoms with E-state index in [0.29, 0.717) is 55.2 Å². The van der Waals surface area contributed by atoms with Crippen LogP contribution in [-0.4, -0.2) is 60.5 Å². The number of ether oxygens (including phenoxy) is 2. The average Bonchev–Trinajstić information content (AvgIpc) is 3.23. The molecule has 0 aliphatic carbocycles. The molecular formula is C25H32N4O5. The van der Waals surface area contributed by atoms with E-state index in [2.05, 4.69) is 10.3 Å². The first kappa shape index (κ1) is 25.0. The first-order chi connectivity index (χ1) is 16.3. The molecule has 0 radical (unpaired) electrons. The van der Waals surface area contributed by atoms with Gasteiger partial charge in [0, 0.05) is 38.2 Å². The highest BCUT2D eigenvalue weighted by atomic mass is 16.5. The van der Waals surface area contributed by atoms with Crippen molar-refractivity contribution in [1.29, 1.82) is 0 Å². The predicted molar refractivity (Wildman–Crippen MR) is 127 cm³/mol. The number of benzene rings is 1. The van der Waals surface area contributed by atoms with Gasteiger partial charge in [-0.05, 0) is 56.0 Å². The predicted octanol–water partition coefficient (Wildman–Crippen LogP) is 2.28. The third-order valence-corrected chi connectivity index (χ3v) is 6.03. The third-order valence-electron chi connectivity index (χ3n) is 6.03. The van der Waals surface area contributed by atoms with Crippen molar-refractivity contribution in [2.24, 2.45) is 5.73 Å². The second-order valence-electron chi connectivity index (χ2n) is 8.26. The molecule has 1 fully saturated rings. The topological polar surface area (TPSA) is 124 Å². The molecule has 0 unspecified atom stereocenters. The highest BCUT2D eigenvalue weighted by Gasteiger charge is 2.35. The Labute approximate surface area is 199 Å². The Bertz CT molecular complexity index is 1070. The van der Waals surface area contributed by atoms with Crippen molar-refractivity contribution in [1.82, 2.24) is 15.2 Å². The second-order valence-corrected chi connectivity index (χ2v) is 8.26. The van der Waals surface area contributed by atoms with Gasteiger partial charge in [-0.1, -0.05) is 6.07 Å². The lowest BCUT2D eigenvalue weighted by Crippen LogP contribution is -2.36. The van der Waals surface area contributed by atoms with Crippen molar-refractivity contribution in [3.8, 4) is 11.5 Å². The van der Waals surface area contributed by atoms with Gasteiger partial charge in [-0.15, -0.1) is 0 Å². The molecule has 9 nitrogen and oxygen atoms in total. The fourth-order valence-corrected chi connectivity index (χ4v) is 4.48. The number of primary amides is 1. The molecule has 1 saturated heterocycles. The van der Waals surface area contributed by atoms with Crippen molar-refractivity contribution in [2.45, 2.75) is 45.6 Å². The van der Waals surface area contributed by atoms with E-state index < -0.39 is 5.91 Å². The number of hydrogen-bond acceptors (Lipinski definition) is 6. The monoisotopic (exact) mass is 468 g/mol. The summed E-state index contributed by atoms with van der Waals surface area (Å²) < 4.78 is 11.1. The number of carbonyl (C=O) groups excluding carboxylic acids is 3. The van der Waals surface area contributed by atoms with E-state index >= 15 is 0 Å². The minimum Gasteiger partial charge on any atom is -0.493 e. The Balaban J connectivity index is 1.91. The van der Waals surface area contributed by atoms with Crippen LogP contribution in [0.2, 0.25) is 0 Å². The maximum atomic E-state index is 12.5. The molecule has 2 aromatic rings. The molecule has 3 rings (SSSR count). The van der Waals surface area contributed by atoms with Gasteiger partial charge in [0.2, 0.25) is 5.91 Å². The smallest absolute Gasteiger partial charge is 0.267 e. The number of rotatable bonds is 9. The van der Waals surface area contributed by atoms with Gasteiger partial charge >= 0.3 is 0 Å². The van der Waals surface area contributed by atoms with Crippen molar-refractivity contribution in [3.05, 3.63) is 52.8 Å². The van der Waals surface area contributed by atoms with Crippen LogP contribution in [0, 0.1) is 0 Å². The van der Waals surface area contributed by atoms with Crippen LogP contribution in [0.5, 0.6) is 11.5 Å². The van der Waals surface area contributed by atoms with E-state index in [1.807, 2.05) is 32.0 Å². The number of hydrogen-bond donors (Lipinski definition) is 2. The van der Waals surface area contributed by atoms with Crippen LogP contribution in [-0.2, 0) is 11.2 Å². The number of nitrogens with one attached hydrogen (secondary N) is 1. The van der Waals surface area contributed by atoms with E-state index in [4.69, 9.17) is 15.2 Å². The van der Waals surface area contributed by atoms with Gasteiger partial charge in [-0.2, -0.15) is 0 Å². The molecule has 1 aliphatic heterocycles. The summed E-state index contributed by atoms with van der Waals surface area (Å²) in [7, 11) is 1.60. The first-order valence-corrected chi connectivity index (χ1v) is 11.4. The average molecular weight is 469 g/mol. The highest BCUT2D eigenvalue weighted by molar-refractivity contribution is 5.96. The van der Waals surface area contributed by atoms with E-state index in [0.717, 1.165) is 5.56 Å². The lowest BCUT2D eigenvalue weighted by Gasteiger charge is -2.24. The Morgan fingerprint density at radius 1 is 1.21 bits per heavy atom. The summed E-state index contributed by atoms with van der Waals surface area (Å²) in [6, 6.07) is 7.28. The van der Waals surface area contributed by atoms with Gasteiger partial charge in [0.15, 0.2) is 11.5 Å². The fraction of sp³-hybridized carbons (Fsp3) is 0.440. The summed E-state index contributed by atoms with van der Waals surface area (Å²) in [6.07, 6.45) is 2.39. The summed E-state index contributed by atoms with van der Waals surface area (Å²) in [4.78, 5) is 42.8. The number of nitrogens with two attached hydrogens (primary N) is 1. The van der Waals surface area contributed by atoms with Gasteiger partial charge in [-0.3, -0.25) is 14.4 Å². The quantitative estimate of drug-likeness (QED) is 0.582. The van der Waals surface area contributed by atoms with E-state index in [1.165, 1.54) is 13.1 Å². The van der Waals surface area contributed by atoms with Crippen molar-refractivity contribution in [3.63, 3.8) is 0 Å². The lowest BCUT2D eigenvalue weighted by atomic mass is 9.93. The molecule has 34 heavy (non-hydrogen) atoms. The van der Waals surface area contributed by atoms with Crippen LogP contribution < -0.4 is 20.5 Å². The molecule has 3 N–H and O–H groups in total. The Hall–Kier alpha value is -3.62. The Morgan fingerprint density at radius 3 is 2.59 bits per heavy atom. The standard InChI is InChI=1S/C25H32N4O5/c1-5-27-25(32)18-9-17(23(24(26)31)28-13-18)10-20-11-19(14-29(20)15(3)30)16-7-8-21(33-4)22(12-16)34-6-2/h7-9,12-13,19-20H,5-6,10-11,14H2,1-4H3,(H2,26,31)(H,27,32)/t19-,20+/m1/s1. The maximum Gasteiger partial charge on any atom is 0.267 e. The van der Waals surface area contributed by atoms with Gasteiger partial charge < -0.3 is 25.4 Å². The van der Waals surface area contributed by atoms with Crippen molar-refractivity contribution < 1.29 is 23.9 Å². The number of carbonyl (C=O) groups is 3. The lowest BCUT2D eigenvalue weighted by molar-refractivity contribution is -0.129. The molecule has 182 valence electrons. The second kappa shape index (κ2) is 11.0. The zero-order valence-electron chi connectivity index (χ0n) is 20.1. The van der Waals surface area contributed by atoms with Crippen molar-refractivity contribution in [2.75, 3.05) is 26.8 Å². The molecule has 1 aromatic carbocycles. The number of amides is 3. The molecule has 2 atom stereocenters. The van der Waals surface area contributed by atoms with Gasteiger partial charge in [0.1, 0.15) is 5.69 Å². The molecule has 0 bridgehead atoms. The molecule has 0 spiro atoms. The van der Waals surface area contributed by atoms with Crippen LogP contribution in [0.25, 0.3) is 0 Å². The van der Waals surface area contributed by atoms with E-state index in [9.17, 15) is 14.4 Å². The molecule has 9 heteroatoms. The number of aromatic nitrogens is 1. The largest absolute Gasteiger partial charge is 0.493 e. The SMILES string of the molecule is CCNC(=O)c1cnc(C(N)=O)c(C[C@H]2C[C@@H](c3ccc(OC)c(OCC)c3)CN2C(C)=O)c1. The van der Waals surface area contributed by atoms with E-state index in [1.54, 1.807) is 18.1 Å².